The van der Waals surface area contributed by atoms with Gasteiger partial charge in [-0.05, 0) is 66.9 Å². The lowest BCUT2D eigenvalue weighted by Gasteiger charge is -2.29. The van der Waals surface area contributed by atoms with Gasteiger partial charge < -0.3 is 15.4 Å². The van der Waals surface area contributed by atoms with E-state index < -0.39 is 11.9 Å². The van der Waals surface area contributed by atoms with Gasteiger partial charge in [0.15, 0.2) is 0 Å². The van der Waals surface area contributed by atoms with E-state index in [-0.39, 0.29) is 28.9 Å². The molecule has 2 N–H and O–H groups in total. The van der Waals surface area contributed by atoms with E-state index in [9.17, 15) is 13.6 Å². The molecular formula is C34H28ClF2N5O2S. The summed E-state index contributed by atoms with van der Waals surface area (Å²) in [6.07, 6.45) is 0. The molecule has 228 valence electrons. The van der Waals surface area contributed by atoms with Gasteiger partial charge in [-0.1, -0.05) is 78.0 Å². The van der Waals surface area contributed by atoms with E-state index in [1.54, 1.807) is 47.1 Å². The number of halogens is 3. The zero-order chi connectivity index (χ0) is 31.5. The summed E-state index contributed by atoms with van der Waals surface area (Å²) in [4.78, 5) is 18.5. The molecule has 0 saturated heterocycles. The van der Waals surface area contributed by atoms with Crippen molar-refractivity contribution in [2.24, 2.45) is 0 Å². The summed E-state index contributed by atoms with van der Waals surface area (Å²) in [6.45, 7) is 3.70. The number of benzene rings is 4. The highest BCUT2D eigenvalue weighted by Crippen LogP contribution is 2.38. The van der Waals surface area contributed by atoms with Crippen LogP contribution in [0.2, 0.25) is 5.02 Å². The van der Waals surface area contributed by atoms with Crippen molar-refractivity contribution in [3.05, 3.63) is 141 Å². The van der Waals surface area contributed by atoms with Crippen molar-refractivity contribution in [1.82, 2.24) is 14.8 Å². The fraction of sp³-hybridized carbons (Fsp3) is 0.147. The van der Waals surface area contributed by atoms with Crippen LogP contribution in [-0.4, -0.2) is 20.7 Å². The Kier molecular flexibility index (Phi) is 8.86. The van der Waals surface area contributed by atoms with Crippen molar-refractivity contribution < 1.29 is 18.3 Å². The third-order valence-corrected chi connectivity index (χ3v) is 8.67. The van der Waals surface area contributed by atoms with E-state index in [0.717, 1.165) is 11.1 Å². The fourth-order valence-corrected chi connectivity index (χ4v) is 6.06. The lowest BCUT2D eigenvalue weighted by atomic mass is 9.95. The van der Waals surface area contributed by atoms with Crippen LogP contribution < -0.4 is 15.4 Å². The molecule has 0 radical (unpaired) electrons. The summed E-state index contributed by atoms with van der Waals surface area (Å²) in [6, 6.07) is 25.1. The number of thioether (sulfide) groups is 1. The number of nitrogens with one attached hydrogen (secondary N) is 2. The van der Waals surface area contributed by atoms with Crippen molar-refractivity contribution in [2.75, 3.05) is 10.6 Å². The van der Waals surface area contributed by atoms with Crippen molar-refractivity contribution in [3.63, 3.8) is 0 Å². The van der Waals surface area contributed by atoms with Crippen LogP contribution >= 0.6 is 23.4 Å². The lowest BCUT2D eigenvalue weighted by molar-refractivity contribution is -0.113. The van der Waals surface area contributed by atoms with Crippen LogP contribution in [0, 0.1) is 18.6 Å². The second-order valence-corrected chi connectivity index (χ2v) is 11.8. The third kappa shape index (κ3) is 6.57. The standard InChI is InChI=1S/C34H28ClF2N5O2S/c1-20-8-3-6-13-29(20)39-32(43)30-21(2)38-33-40-34(45-19-23-9-4-5-11-27(23)36)41-42(33)31(30)22-14-16-24(17-15-22)44-18-25-26(35)10-7-12-28(25)37/h3-17,31H,18-19H2,1-2H3,(H,39,43)(H,38,40,41). The van der Waals surface area contributed by atoms with E-state index in [1.165, 1.54) is 23.9 Å². The van der Waals surface area contributed by atoms with E-state index in [1.807, 2.05) is 50.2 Å². The Morgan fingerprint density at radius 3 is 2.47 bits per heavy atom. The summed E-state index contributed by atoms with van der Waals surface area (Å²) in [5, 5.41) is 11.7. The molecule has 0 saturated carbocycles. The highest BCUT2D eigenvalue weighted by atomic mass is 35.5. The van der Waals surface area contributed by atoms with Crippen molar-refractivity contribution in [2.45, 2.75) is 37.4 Å². The number of hydrogen-bond acceptors (Lipinski definition) is 6. The molecule has 1 aromatic heterocycles. The molecule has 0 spiro atoms. The minimum atomic E-state index is -0.643. The zero-order valence-corrected chi connectivity index (χ0v) is 25.9. The minimum Gasteiger partial charge on any atom is -0.489 e. The number of carbonyl (C=O) groups excluding carboxylic acids is 1. The maximum atomic E-state index is 14.3. The van der Waals surface area contributed by atoms with Gasteiger partial charge in [0.2, 0.25) is 11.1 Å². The molecule has 1 atom stereocenters. The summed E-state index contributed by atoms with van der Waals surface area (Å²) in [5.74, 6) is 0.259. The molecule has 45 heavy (non-hydrogen) atoms. The Balaban J connectivity index is 1.31. The second-order valence-electron chi connectivity index (χ2n) is 10.4. The third-order valence-electron chi connectivity index (χ3n) is 7.43. The van der Waals surface area contributed by atoms with Crippen molar-refractivity contribution in [3.8, 4) is 5.75 Å². The lowest BCUT2D eigenvalue weighted by Crippen LogP contribution is -2.31. The predicted molar refractivity (Wildman–Crippen MR) is 172 cm³/mol. The maximum Gasteiger partial charge on any atom is 0.255 e. The molecule has 1 aliphatic rings. The van der Waals surface area contributed by atoms with Gasteiger partial charge in [-0.25, -0.2) is 13.5 Å². The first-order chi connectivity index (χ1) is 21.8. The quantitative estimate of drug-likeness (QED) is 0.157. The van der Waals surface area contributed by atoms with Crippen molar-refractivity contribution >= 4 is 40.9 Å². The topological polar surface area (TPSA) is 81.1 Å². The molecule has 7 nitrogen and oxygen atoms in total. The number of carbonyl (C=O) groups is 1. The fourth-order valence-electron chi connectivity index (χ4n) is 5.03. The summed E-state index contributed by atoms with van der Waals surface area (Å²) >= 11 is 7.46. The Morgan fingerprint density at radius 1 is 0.978 bits per heavy atom. The summed E-state index contributed by atoms with van der Waals surface area (Å²) in [5.41, 5.74) is 4.25. The number of fused-ring (bicyclic) bond motifs is 1. The molecule has 6 rings (SSSR count). The van der Waals surface area contributed by atoms with Gasteiger partial charge in [0.05, 0.1) is 10.6 Å². The molecule has 1 aliphatic heterocycles. The Labute approximate surface area is 268 Å². The number of rotatable bonds is 9. The summed E-state index contributed by atoms with van der Waals surface area (Å²) < 4.78 is 36.0. The van der Waals surface area contributed by atoms with Gasteiger partial charge in [-0.3, -0.25) is 4.79 Å². The Bertz CT molecular complexity index is 1890. The van der Waals surface area contributed by atoms with Crippen LogP contribution in [0.3, 0.4) is 0 Å². The first-order valence-corrected chi connectivity index (χ1v) is 15.5. The number of anilines is 2. The number of hydrogen-bond donors (Lipinski definition) is 2. The number of para-hydroxylation sites is 1. The molecule has 11 heteroatoms. The molecular weight excluding hydrogens is 616 g/mol. The van der Waals surface area contributed by atoms with Crippen molar-refractivity contribution in [1.29, 1.82) is 0 Å². The van der Waals surface area contributed by atoms with Crippen LogP contribution in [0.15, 0.2) is 107 Å². The molecule has 1 amide bonds. The van der Waals surface area contributed by atoms with Gasteiger partial charge in [0.1, 0.15) is 30.0 Å². The SMILES string of the molecule is CC1=C(C(=O)Nc2ccccc2C)C(c2ccc(OCc3c(F)cccc3Cl)cc2)n2nc(SCc3ccccc3F)nc2N1. The molecule has 4 aromatic carbocycles. The summed E-state index contributed by atoms with van der Waals surface area (Å²) in [7, 11) is 0. The van der Waals surface area contributed by atoms with Crippen LogP contribution in [0.25, 0.3) is 0 Å². The minimum absolute atomic E-state index is 0.0445. The van der Waals surface area contributed by atoms with Crippen LogP contribution in [0.1, 0.15) is 35.2 Å². The predicted octanol–water partition coefficient (Wildman–Crippen LogP) is 8.32. The van der Waals surface area contributed by atoms with E-state index in [2.05, 4.69) is 15.6 Å². The first-order valence-electron chi connectivity index (χ1n) is 14.1. The number of ether oxygens (including phenoxy) is 1. The van der Waals surface area contributed by atoms with Gasteiger partial charge >= 0.3 is 0 Å². The number of nitrogens with zero attached hydrogens (tertiary/aromatic N) is 3. The highest BCUT2D eigenvalue weighted by Gasteiger charge is 2.34. The average molecular weight is 644 g/mol. The van der Waals surface area contributed by atoms with Gasteiger partial charge in [0.25, 0.3) is 5.91 Å². The van der Waals surface area contributed by atoms with Gasteiger partial charge in [-0.2, -0.15) is 4.98 Å². The van der Waals surface area contributed by atoms with Crippen LogP contribution in [0.4, 0.5) is 20.4 Å². The molecule has 5 aromatic rings. The molecule has 2 heterocycles. The smallest absolute Gasteiger partial charge is 0.255 e. The number of amides is 1. The van der Waals surface area contributed by atoms with Crippen LogP contribution in [0.5, 0.6) is 5.75 Å². The molecule has 0 fully saturated rings. The molecule has 1 unspecified atom stereocenters. The Hall–Kier alpha value is -4.67. The largest absolute Gasteiger partial charge is 0.489 e. The maximum absolute atomic E-state index is 14.3. The van der Waals surface area contributed by atoms with E-state index in [0.29, 0.717) is 45.1 Å². The highest BCUT2D eigenvalue weighted by molar-refractivity contribution is 7.98. The molecule has 0 aliphatic carbocycles. The number of aryl methyl sites for hydroxylation is 1. The first kappa shape index (κ1) is 30.4. The Morgan fingerprint density at radius 2 is 1.71 bits per heavy atom. The average Bonchev–Trinajstić information content (AvgIpc) is 3.43. The monoisotopic (exact) mass is 643 g/mol. The van der Waals surface area contributed by atoms with E-state index in [4.69, 9.17) is 21.4 Å². The van der Waals surface area contributed by atoms with Crippen LogP contribution in [-0.2, 0) is 17.2 Å². The number of allylic oxidation sites excluding steroid dienone is 1. The number of aromatic nitrogens is 3. The molecule has 0 bridgehead atoms. The normalized spacial score (nSPS) is 14.1. The van der Waals surface area contributed by atoms with E-state index >= 15 is 0 Å². The second kappa shape index (κ2) is 13.1. The van der Waals surface area contributed by atoms with Gasteiger partial charge in [-0.15, -0.1) is 5.10 Å². The zero-order valence-electron chi connectivity index (χ0n) is 24.4. The van der Waals surface area contributed by atoms with Gasteiger partial charge in [0, 0.05) is 22.7 Å².